The van der Waals surface area contributed by atoms with E-state index in [1.54, 1.807) is 12.1 Å². The Labute approximate surface area is 113 Å². The van der Waals surface area contributed by atoms with Gasteiger partial charge in [-0.3, -0.25) is 10.1 Å². The summed E-state index contributed by atoms with van der Waals surface area (Å²) in [6.07, 6.45) is 0. The molecule has 19 heavy (non-hydrogen) atoms. The molecule has 0 aromatic heterocycles. The maximum atomic E-state index is 10.8. The zero-order valence-corrected chi connectivity index (χ0v) is 12.0. The van der Waals surface area contributed by atoms with Crippen LogP contribution in [0, 0.1) is 26.9 Å². The lowest BCUT2D eigenvalue weighted by Crippen LogP contribution is -2.39. The Bertz CT molecular complexity index is 526. The predicted molar refractivity (Wildman–Crippen MR) is 75.1 cm³/mol. The quantitative estimate of drug-likeness (QED) is 0.618. The highest BCUT2D eigenvalue weighted by Crippen LogP contribution is 2.30. The second-order valence-corrected chi connectivity index (χ2v) is 5.72. The van der Waals surface area contributed by atoms with Gasteiger partial charge >= 0.3 is 0 Å². The molecule has 0 aliphatic heterocycles. The SMILES string of the molecule is CC(N(C)c1ccc([N+](=O)[O-])c(C#N)c1)C(C)(C)C. The van der Waals surface area contributed by atoms with E-state index in [1.807, 2.05) is 18.0 Å². The third-order valence-electron chi connectivity index (χ3n) is 3.54. The molecule has 5 nitrogen and oxygen atoms in total. The molecule has 1 aromatic carbocycles. The highest BCUT2D eigenvalue weighted by atomic mass is 16.6. The first-order valence-corrected chi connectivity index (χ1v) is 6.10. The van der Waals surface area contributed by atoms with Crippen LogP contribution in [-0.4, -0.2) is 18.0 Å². The molecule has 0 heterocycles. The number of hydrogen-bond acceptors (Lipinski definition) is 4. The Morgan fingerprint density at radius 3 is 2.42 bits per heavy atom. The molecule has 1 rings (SSSR count). The molecule has 0 fully saturated rings. The van der Waals surface area contributed by atoms with Crippen LogP contribution in [-0.2, 0) is 0 Å². The molecule has 1 unspecified atom stereocenters. The number of hydrogen-bond donors (Lipinski definition) is 0. The van der Waals surface area contributed by atoms with E-state index in [0.717, 1.165) is 5.69 Å². The molecule has 1 aromatic rings. The Morgan fingerprint density at radius 2 is 2.00 bits per heavy atom. The lowest BCUT2D eigenvalue weighted by molar-refractivity contribution is -0.385. The summed E-state index contributed by atoms with van der Waals surface area (Å²) >= 11 is 0. The second kappa shape index (κ2) is 5.27. The Balaban J connectivity index is 3.17. The predicted octanol–water partition coefficient (Wildman–Crippen LogP) is 3.34. The van der Waals surface area contributed by atoms with Gasteiger partial charge in [0.05, 0.1) is 4.92 Å². The number of anilines is 1. The minimum Gasteiger partial charge on any atom is -0.371 e. The number of nitro benzene ring substituents is 1. The average Bonchev–Trinajstić information content (AvgIpc) is 2.34. The first-order valence-electron chi connectivity index (χ1n) is 6.10. The fraction of sp³-hybridized carbons (Fsp3) is 0.500. The van der Waals surface area contributed by atoms with E-state index < -0.39 is 4.92 Å². The fourth-order valence-electron chi connectivity index (χ4n) is 1.80. The van der Waals surface area contributed by atoms with E-state index in [-0.39, 0.29) is 22.7 Å². The van der Waals surface area contributed by atoms with Crippen molar-refractivity contribution in [3.05, 3.63) is 33.9 Å². The summed E-state index contributed by atoms with van der Waals surface area (Å²) in [5.41, 5.74) is 0.826. The molecule has 0 spiro atoms. The van der Waals surface area contributed by atoms with E-state index in [9.17, 15) is 10.1 Å². The Morgan fingerprint density at radius 1 is 1.42 bits per heavy atom. The third kappa shape index (κ3) is 3.22. The van der Waals surface area contributed by atoms with Crippen molar-refractivity contribution >= 4 is 11.4 Å². The van der Waals surface area contributed by atoms with Gasteiger partial charge in [-0.2, -0.15) is 5.26 Å². The summed E-state index contributed by atoms with van der Waals surface area (Å²) < 4.78 is 0. The summed E-state index contributed by atoms with van der Waals surface area (Å²) in [7, 11) is 1.93. The van der Waals surface area contributed by atoms with Gasteiger partial charge in [-0.25, -0.2) is 0 Å². The molecular weight excluding hydrogens is 242 g/mol. The van der Waals surface area contributed by atoms with Crippen LogP contribution in [0.3, 0.4) is 0 Å². The zero-order chi connectivity index (χ0) is 14.8. The van der Waals surface area contributed by atoms with E-state index in [4.69, 9.17) is 5.26 Å². The minimum absolute atomic E-state index is 0.0727. The third-order valence-corrected chi connectivity index (χ3v) is 3.54. The average molecular weight is 261 g/mol. The van der Waals surface area contributed by atoms with Crippen LogP contribution < -0.4 is 4.90 Å². The molecule has 0 N–H and O–H groups in total. The molecule has 1 atom stereocenters. The van der Waals surface area contributed by atoms with Crippen LogP contribution in [0.1, 0.15) is 33.3 Å². The maximum Gasteiger partial charge on any atom is 0.287 e. The van der Waals surface area contributed by atoms with Gasteiger partial charge < -0.3 is 4.90 Å². The fourth-order valence-corrected chi connectivity index (χ4v) is 1.80. The molecule has 5 heteroatoms. The van der Waals surface area contributed by atoms with E-state index in [2.05, 4.69) is 27.7 Å². The normalized spacial score (nSPS) is 12.6. The van der Waals surface area contributed by atoms with Crippen molar-refractivity contribution in [2.45, 2.75) is 33.7 Å². The van der Waals surface area contributed by atoms with Crippen molar-refractivity contribution in [3.8, 4) is 6.07 Å². The van der Waals surface area contributed by atoms with E-state index in [0.29, 0.717) is 0 Å². The van der Waals surface area contributed by atoms with Crippen LogP contribution >= 0.6 is 0 Å². The molecule has 0 radical (unpaired) electrons. The van der Waals surface area contributed by atoms with Gasteiger partial charge in [-0.05, 0) is 24.5 Å². The molecule has 0 aliphatic carbocycles. The summed E-state index contributed by atoms with van der Waals surface area (Å²) in [5, 5.41) is 19.8. The molecule has 0 aliphatic rings. The van der Waals surface area contributed by atoms with Crippen molar-refractivity contribution in [3.63, 3.8) is 0 Å². The van der Waals surface area contributed by atoms with Gasteiger partial charge in [0.1, 0.15) is 11.6 Å². The number of nitro groups is 1. The maximum absolute atomic E-state index is 10.8. The van der Waals surface area contributed by atoms with Crippen molar-refractivity contribution < 1.29 is 4.92 Å². The summed E-state index contributed by atoms with van der Waals surface area (Å²) in [6.45, 7) is 8.48. The number of nitriles is 1. The molecule has 0 saturated carbocycles. The van der Waals surface area contributed by atoms with Crippen molar-refractivity contribution in [2.24, 2.45) is 5.41 Å². The van der Waals surface area contributed by atoms with Crippen LogP contribution in [0.25, 0.3) is 0 Å². The van der Waals surface area contributed by atoms with Gasteiger partial charge in [-0.15, -0.1) is 0 Å². The van der Waals surface area contributed by atoms with Crippen molar-refractivity contribution in [1.82, 2.24) is 0 Å². The van der Waals surface area contributed by atoms with Gasteiger partial charge in [-0.1, -0.05) is 20.8 Å². The molecule has 102 valence electrons. The van der Waals surface area contributed by atoms with Crippen LogP contribution in [0.15, 0.2) is 18.2 Å². The highest BCUT2D eigenvalue weighted by molar-refractivity contribution is 5.60. The standard InChI is InChI=1S/C14H19N3O2/c1-10(14(2,3)4)16(5)12-6-7-13(17(18)19)11(8-12)9-15/h6-8,10H,1-5H3. The summed E-state index contributed by atoms with van der Waals surface area (Å²) in [4.78, 5) is 12.3. The summed E-state index contributed by atoms with van der Waals surface area (Å²) in [6, 6.07) is 6.76. The number of nitrogens with zero attached hydrogens (tertiary/aromatic N) is 3. The number of rotatable bonds is 3. The monoisotopic (exact) mass is 261 g/mol. The van der Waals surface area contributed by atoms with Crippen LogP contribution in [0.2, 0.25) is 0 Å². The molecular formula is C14H19N3O2. The van der Waals surface area contributed by atoms with Gasteiger partial charge in [0.25, 0.3) is 5.69 Å². The largest absolute Gasteiger partial charge is 0.371 e. The van der Waals surface area contributed by atoms with Gasteiger partial charge in [0, 0.05) is 24.8 Å². The molecule has 0 amide bonds. The first-order chi connectivity index (χ1) is 8.68. The lowest BCUT2D eigenvalue weighted by atomic mass is 9.87. The highest BCUT2D eigenvalue weighted by Gasteiger charge is 2.25. The first kappa shape index (κ1) is 15.0. The second-order valence-electron chi connectivity index (χ2n) is 5.72. The van der Waals surface area contributed by atoms with Gasteiger partial charge in [0.2, 0.25) is 0 Å². The zero-order valence-electron chi connectivity index (χ0n) is 12.0. The Kier molecular flexibility index (Phi) is 4.15. The van der Waals surface area contributed by atoms with E-state index in [1.165, 1.54) is 6.07 Å². The van der Waals surface area contributed by atoms with Crippen molar-refractivity contribution in [2.75, 3.05) is 11.9 Å². The minimum atomic E-state index is -0.532. The smallest absolute Gasteiger partial charge is 0.287 e. The lowest BCUT2D eigenvalue weighted by Gasteiger charge is -2.36. The molecule has 0 saturated heterocycles. The number of benzene rings is 1. The summed E-state index contributed by atoms with van der Waals surface area (Å²) in [5.74, 6) is 0. The van der Waals surface area contributed by atoms with Gasteiger partial charge in [0.15, 0.2) is 0 Å². The topological polar surface area (TPSA) is 70.2 Å². The van der Waals surface area contributed by atoms with Crippen LogP contribution in [0.4, 0.5) is 11.4 Å². The van der Waals surface area contributed by atoms with E-state index >= 15 is 0 Å². The van der Waals surface area contributed by atoms with Crippen molar-refractivity contribution in [1.29, 1.82) is 5.26 Å². The van der Waals surface area contributed by atoms with Crippen LogP contribution in [0.5, 0.6) is 0 Å². The molecule has 0 bridgehead atoms. The Hall–Kier alpha value is -2.09.